The molecule has 97 heavy (non-hydrogen) atoms. The number of esters is 2. The Morgan fingerprint density at radius 2 is 0.588 bits per heavy atom. The van der Waals surface area contributed by atoms with E-state index in [1.54, 1.807) is 60.7 Å². The van der Waals surface area contributed by atoms with Crippen molar-refractivity contribution < 1.29 is 67.3 Å². The molecule has 4 aliphatic heterocycles. The highest BCUT2D eigenvalue weighted by Gasteiger charge is 2.43. The van der Waals surface area contributed by atoms with Crippen LogP contribution < -0.4 is 38.7 Å². The number of nitrogens with zero attached hydrogens (tertiary/aromatic N) is 5. The number of hydrogen-bond acceptors (Lipinski definition) is 15. The molecule has 4 aliphatic rings. The molecule has 1 atom stereocenters. The Morgan fingerprint density at radius 3 is 0.856 bits per heavy atom. The van der Waals surface area contributed by atoms with Crippen molar-refractivity contribution in [3.05, 3.63) is 285 Å². The summed E-state index contributed by atoms with van der Waals surface area (Å²) < 4.78 is 17.1. The second-order valence-electron chi connectivity index (χ2n) is 23.7. The number of anilines is 7. The first-order chi connectivity index (χ1) is 47.0. The lowest BCUT2D eigenvalue weighted by atomic mass is 9.85. The number of aliphatic hydroxyl groups excluding tert-OH is 1. The standard InChI is InChI=1S/C78H51N5O14/c1-42-4-12-46(13-5-42)79(47-14-6-43(2)7-15-47)48-16-8-44(9-17-48)40-64(77(93)96-54-28-22-51(23-29-54)82-73(89)60-34-32-56-65-57(33-35-61(67(60)65)74(82)90)70(86)80(69(56)85)49-18-10-45(41-84)11-19-49)78(94)97-55-30-24-52(25-31-55)83-75(91)62-38-36-58-66-59(37-39-63(68(62)66)76(83)92)72(88)81(71(58)87)50-20-26-53(95-3)27-21-50/h4-39,64,84H,40-41H2,1-3H3. The monoisotopic (exact) mass is 1280 g/mol. The predicted molar refractivity (Wildman–Crippen MR) is 360 cm³/mol. The van der Waals surface area contributed by atoms with Crippen molar-refractivity contribution >= 4 is 121 Å². The molecule has 0 spiro atoms. The maximum atomic E-state index is 14.6. The van der Waals surface area contributed by atoms with Gasteiger partial charge in [-0.05, 0) is 201 Å². The molecule has 4 heterocycles. The molecule has 1 unspecified atom stereocenters. The Balaban J connectivity index is 0.695. The Hall–Kier alpha value is -13.0. The van der Waals surface area contributed by atoms with E-state index in [1.807, 2.05) is 74.5 Å². The molecule has 19 heteroatoms. The van der Waals surface area contributed by atoms with Crippen LogP contribution >= 0.6 is 0 Å². The highest BCUT2D eigenvalue weighted by Crippen LogP contribution is 2.44. The van der Waals surface area contributed by atoms with Gasteiger partial charge < -0.3 is 24.2 Å². The van der Waals surface area contributed by atoms with Crippen molar-refractivity contribution in [3.8, 4) is 17.2 Å². The number of carbonyl (C=O) groups excluding carboxylic acids is 10. The van der Waals surface area contributed by atoms with E-state index < -0.39 is 65.1 Å². The highest BCUT2D eigenvalue weighted by atomic mass is 16.6. The van der Waals surface area contributed by atoms with E-state index in [0.29, 0.717) is 22.6 Å². The summed E-state index contributed by atoms with van der Waals surface area (Å²) in [6.45, 7) is 3.77. The number of aliphatic hydroxyl groups is 1. The van der Waals surface area contributed by atoms with Crippen LogP contribution in [-0.2, 0) is 22.6 Å². The topological polar surface area (TPSA) is 235 Å². The van der Waals surface area contributed by atoms with E-state index in [1.165, 1.54) is 104 Å². The minimum atomic E-state index is -1.62. The lowest BCUT2D eigenvalue weighted by molar-refractivity contribution is -0.151. The average molecular weight is 1280 g/mol. The van der Waals surface area contributed by atoms with Gasteiger partial charge in [0.15, 0.2) is 5.92 Å². The van der Waals surface area contributed by atoms with Gasteiger partial charge in [0.2, 0.25) is 0 Å². The van der Waals surface area contributed by atoms with Crippen molar-refractivity contribution in [2.45, 2.75) is 26.9 Å². The summed E-state index contributed by atoms with van der Waals surface area (Å²) in [6.07, 6.45) is -0.219. The van der Waals surface area contributed by atoms with Crippen molar-refractivity contribution in [1.29, 1.82) is 0 Å². The van der Waals surface area contributed by atoms with E-state index in [4.69, 9.17) is 14.2 Å². The van der Waals surface area contributed by atoms with Gasteiger partial charge in [0.25, 0.3) is 47.3 Å². The third-order valence-electron chi connectivity index (χ3n) is 17.9. The van der Waals surface area contributed by atoms with Crippen molar-refractivity contribution in [1.82, 2.24) is 0 Å². The lowest BCUT2D eigenvalue weighted by Crippen LogP contribution is -2.43. The van der Waals surface area contributed by atoms with Crippen molar-refractivity contribution in [2.75, 3.05) is 31.6 Å². The molecule has 19 nitrogen and oxygen atoms in total. The number of imide groups is 4. The maximum absolute atomic E-state index is 14.6. The number of hydrogen-bond donors (Lipinski definition) is 1. The molecule has 472 valence electrons. The molecular formula is C78H51N5O14. The van der Waals surface area contributed by atoms with Gasteiger partial charge in [-0.15, -0.1) is 0 Å². The first-order valence-electron chi connectivity index (χ1n) is 30.7. The summed E-state index contributed by atoms with van der Waals surface area (Å²) in [7, 11) is 1.50. The SMILES string of the molecule is COc1ccc(N2C(=O)c3ccc4c5c(ccc(c35)C2=O)C(=O)N(c2ccc(OC(=O)C(Cc3ccc(N(c5ccc(C)cc5)c5ccc(C)cc5)cc3)C(=O)Oc3ccc(N5C(=O)c6ccc7c8c(ccc(c68)C5=O)C(=O)N(c5ccc(CO)cc5)C7=O)cc3)cc2)C4=O)cc1. The second-order valence-corrected chi connectivity index (χ2v) is 23.7. The van der Waals surface area contributed by atoms with Crippen molar-refractivity contribution in [2.24, 2.45) is 5.92 Å². The van der Waals surface area contributed by atoms with Gasteiger partial charge >= 0.3 is 11.9 Å². The number of rotatable bonds is 15. The van der Waals surface area contributed by atoms with Gasteiger partial charge in [0.1, 0.15) is 17.2 Å². The largest absolute Gasteiger partial charge is 0.497 e. The third-order valence-corrected chi connectivity index (χ3v) is 17.9. The number of aryl methyl sites for hydroxylation is 2. The number of benzene rings is 11. The Bertz CT molecular complexity index is 4820. The zero-order valence-electron chi connectivity index (χ0n) is 51.8. The molecule has 0 aliphatic carbocycles. The first kappa shape index (κ1) is 60.3. The van der Waals surface area contributed by atoms with E-state index in [9.17, 15) is 53.1 Å². The minimum absolute atomic E-state index is 0.0598. The highest BCUT2D eigenvalue weighted by molar-refractivity contribution is 6.44. The Labute approximate surface area is 552 Å². The van der Waals surface area contributed by atoms with Gasteiger partial charge in [-0.2, -0.15) is 0 Å². The van der Waals surface area contributed by atoms with Crippen LogP contribution in [0.3, 0.4) is 0 Å². The molecule has 0 saturated carbocycles. The van der Waals surface area contributed by atoms with Crippen LogP contribution in [0.15, 0.2) is 218 Å². The average Bonchev–Trinajstić information content (AvgIpc) is 0.715. The van der Waals surface area contributed by atoms with Crippen LogP contribution in [0.4, 0.5) is 39.8 Å². The van der Waals surface area contributed by atoms with E-state index in [2.05, 4.69) is 4.90 Å². The summed E-state index contributed by atoms with van der Waals surface area (Å²) in [5, 5.41) is 10.2. The predicted octanol–water partition coefficient (Wildman–Crippen LogP) is 13.2. The second kappa shape index (κ2) is 23.5. The quantitative estimate of drug-likeness (QED) is 0.0435. The molecule has 11 aromatic carbocycles. The summed E-state index contributed by atoms with van der Waals surface area (Å²) >= 11 is 0. The van der Waals surface area contributed by atoms with E-state index in [0.717, 1.165) is 47.8 Å². The molecule has 0 saturated heterocycles. The third kappa shape index (κ3) is 10.0. The van der Waals surface area contributed by atoms with E-state index in [-0.39, 0.29) is 108 Å². The summed E-state index contributed by atoms with van der Waals surface area (Å²) in [5.74, 6) is -8.82. The molecule has 0 fully saturated rings. The molecule has 15 rings (SSSR count). The molecule has 0 aromatic heterocycles. The van der Waals surface area contributed by atoms with Gasteiger partial charge in [-0.3, -0.25) is 47.9 Å². The van der Waals surface area contributed by atoms with Crippen LogP contribution in [0.1, 0.15) is 105 Å². The normalized spacial score (nSPS) is 14.2. The zero-order chi connectivity index (χ0) is 67.2. The summed E-state index contributed by atoms with van der Waals surface area (Å²) in [4.78, 5) is 149. The van der Waals surface area contributed by atoms with Gasteiger partial charge in [0, 0.05) is 83.1 Å². The number of amides is 8. The van der Waals surface area contributed by atoms with Crippen LogP contribution in [0.25, 0.3) is 21.5 Å². The maximum Gasteiger partial charge on any atom is 0.326 e. The van der Waals surface area contributed by atoms with Crippen molar-refractivity contribution in [3.63, 3.8) is 0 Å². The molecule has 1 N–H and O–H groups in total. The minimum Gasteiger partial charge on any atom is -0.497 e. The Morgan fingerprint density at radius 1 is 0.340 bits per heavy atom. The fraction of sp³-hybridized carbons (Fsp3) is 0.0769. The molecular weight excluding hydrogens is 1230 g/mol. The fourth-order valence-electron chi connectivity index (χ4n) is 13.0. The first-order valence-corrected chi connectivity index (χ1v) is 30.7. The fourth-order valence-corrected chi connectivity index (χ4v) is 13.0. The zero-order valence-corrected chi connectivity index (χ0v) is 51.8. The van der Waals surface area contributed by atoms with Crippen LogP contribution in [-0.4, -0.2) is 71.4 Å². The molecule has 11 aromatic rings. The Kier molecular flexibility index (Phi) is 14.6. The van der Waals surface area contributed by atoms with Gasteiger partial charge in [-0.25, -0.2) is 19.6 Å². The van der Waals surface area contributed by atoms with Crippen LogP contribution in [0.5, 0.6) is 17.2 Å². The lowest BCUT2D eigenvalue weighted by Gasteiger charge is -2.32. The van der Waals surface area contributed by atoms with E-state index >= 15 is 0 Å². The van der Waals surface area contributed by atoms with Gasteiger partial charge in [0.05, 0.1) is 36.5 Å². The number of methoxy groups -OCH3 is 1. The number of carbonyl (C=O) groups is 10. The summed E-state index contributed by atoms with van der Waals surface area (Å²) in [5.41, 5.74) is 7.36. The smallest absolute Gasteiger partial charge is 0.326 e. The number of ether oxygens (including phenoxy) is 3. The van der Waals surface area contributed by atoms with Crippen LogP contribution in [0, 0.1) is 19.8 Å². The molecule has 0 radical (unpaired) electrons. The summed E-state index contributed by atoms with van der Waals surface area (Å²) in [6, 6.07) is 58.7. The van der Waals surface area contributed by atoms with Gasteiger partial charge in [-0.1, -0.05) is 59.7 Å². The molecule has 8 amide bonds. The van der Waals surface area contributed by atoms with Crippen LogP contribution in [0.2, 0.25) is 0 Å². The molecule has 0 bridgehead atoms.